The fourth-order valence-corrected chi connectivity index (χ4v) is 4.08. The molecular weight excluding hydrogens is 401 g/mol. The van der Waals surface area contributed by atoms with Crippen LogP contribution in [-0.2, 0) is 29.2 Å². The number of likely N-dealkylation sites (tertiary alicyclic amines) is 1. The second kappa shape index (κ2) is 9.95. The Kier molecular flexibility index (Phi) is 6.86. The largest absolute Gasteiger partial charge is 0.335 e. The van der Waals surface area contributed by atoms with Crippen LogP contribution in [-0.4, -0.2) is 79.4 Å². The summed E-state index contributed by atoms with van der Waals surface area (Å²) < 4.78 is 14.6. The molecule has 2 aromatic rings. The van der Waals surface area contributed by atoms with Gasteiger partial charge in [-0.15, -0.1) is 5.10 Å². The van der Waals surface area contributed by atoms with Crippen molar-refractivity contribution in [2.24, 2.45) is 0 Å². The van der Waals surface area contributed by atoms with Crippen LogP contribution < -0.4 is 0 Å². The van der Waals surface area contributed by atoms with Gasteiger partial charge in [-0.25, -0.2) is 9.07 Å². The number of halogens is 1. The zero-order valence-corrected chi connectivity index (χ0v) is 17.6. The van der Waals surface area contributed by atoms with E-state index in [4.69, 9.17) is 0 Å². The first-order valence-corrected chi connectivity index (χ1v) is 10.9. The van der Waals surface area contributed by atoms with Crippen molar-refractivity contribution in [3.63, 3.8) is 0 Å². The van der Waals surface area contributed by atoms with E-state index in [1.165, 1.54) is 37.8 Å². The molecule has 166 valence electrons. The Bertz CT molecular complexity index is 893. The lowest BCUT2D eigenvalue weighted by Gasteiger charge is -2.34. The van der Waals surface area contributed by atoms with E-state index < -0.39 is 0 Å². The van der Waals surface area contributed by atoms with Crippen molar-refractivity contribution in [1.82, 2.24) is 34.9 Å². The minimum Gasteiger partial charge on any atom is -0.335 e. The summed E-state index contributed by atoms with van der Waals surface area (Å²) in [4.78, 5) is 30.9. The molecule has 0 radical (unpaired) electrons. The lowest BCUT2D eigenvalue weighted by molar-refractivity contribution is -0.146. The molecule has 9 nitrogen and oxygen atoms in total. The SMILES string of the molecule is O=C(Cn1nnnc1CN1CCCCCC1)N1CCN(Cc2ccc(F)cc2)C(=O)C1. The maximum absolute atomic E-state index is 13.1. The zero-order chi connectivity index (χ0) is 21.6. The predicted molar refractivity (Wildman–Crippen MR) is 110 cm³/mol. The van der Waals surface area contributed by atoms with E-state index in [0.717, 1.165) is 18.7 Å². The topological polar surface area (TPSA) is 87.5 Å². The van der Waals surface area contributed by atoms with Gasteiger partial charge >= 0.3 is 0 Å². The van der Waals surface area contributed by atoms with Crippen molar-refractivity contribution in [1.29, 1.82) is 0 Å². The van der Waals surface area contributed by atoms with E-state index in [9.17, 15) is 14.0 Å². The van der Waals surface area contributed by atoms with Gasteiger partial charge in [-0.2, -0.15) is 0 Å². The maximum Gasteiger partial charge on any atom is 0.244 e. The van der Waals surface area contributed by atoms with Gasteiger partial charge in [0.2, 0.25) is 11.8 Å². The molecule has 2 fully saturated rings. The number of piperazine rings is 1. The number of aromatic nitrogens is 4. The molecule has 31 heavy (non-hydrogen) atoms. The van der Waals surface area contributed by atoms with E-state index in [1.54, 1.807) is 26.6 Å². The summed E-state index contributed by atoms with van der Waals surface area (Å²) in [5.41, 5.74) is 0.862. The van der Waals surface area contributed by atoms with Crippen molar-refractivity contribution >= 4 is 11.8 Å². The summed E-state index contributed by atoms with van der Waals surface area (Å²) >= 11 is 0. The summed E-state index contributed by atoms with van der Waals surface area (Å²) in [6.45, 7) is 4.04. The Hall–Kier alpha value is -2.88. The summed E-state index contributed by atoms with van der Waals surface area (Å²) in [6.07, 6.45) is 4.85. The van der Waals surface area contributed by atoms with Crippen LogP contribution in [0, 0.1) is 5.82 Å². The lowest BCUT2D eigenvalue weighted by atomic mass is 10.2. The molecule has 0 spiro atoms. The van der Waals surface area contributed by atoms with E-state index in [-0.39, 0.29) is 30.7 Å². The molecule has 1 aromatic heterocycles. The molecule has 3 heterocycles. The highest BCUT2D eigenvalue weighted by atomic mass is 19.1. The van der Waals surface area contributed by atoms with E-state index in [1.807, 2.05) is 0 Å². The third-order valence-electron chi connectivity index (χ3n) is 5.91. The van der Waals surface area contributed by atoms with Gasteiger partial charge in [-0.3, -0.25) is 14.5 Å². The van der Waals surface area contributed by atoms with Crippen molar-refractivity contribution in [3.8, 4) is 0 Å². The molecule has 2 saturated heterocycles. The van der Waals surface area contributed by atoms with E-state index in [2.05, 4.69) is 20.4 Å². The molecule has 0 atom stereocenters. The minimum atomic E-state index is -0.302. The number of tetrazole rings is 1. The molecule has 0 N–H and O–H groups in total. The summed E-state index contributed by atoms with van der Waals surface area (Å²) in [5, 5.41) is 11.9. The van der Waals surface area contributed by atoms with Crippen LogP contribution in [0.1, 0.15) is 37.1 Å². The monoisotopic (exact) mass is 429 g/mol. The van der Waals surface area contributed by atoms with Crippen LogP contribution in [0.2, 0.25) is 0 Å². The van der Waals surface area contributed by atoms with Gasteiger partial charge in [0.1, 0.15) is 12.4 Å². The predicted octanol–water partition coefficient (Wildman–Crippen LogP) is 1.06. The normalized spacial score (nSPS) is 18.3. The van der Waals surface area contributed by atoms with Crippen molar-refractivity contribution in [2.45, 2.75) is 45.3 Å². The third-order valence-corrected chi connectivity index (χ3v) is 5.91. The average Bonchev–Trinajstić information content (AvgIpc) is 3.02. The number of amides is 2. The summed E-state index contributed by atoms with van der Waals surface area (Å²) in [6, 6.07) is 6.11. The second-order valence-electron chi connectivity index (χ2n) is 8.20. The Morgan fingerprint density at radius 2 is 1.71 bits per heavy atom. The molecule has 10 heteroatoms. The number of hydrogen-bond acceptors (Lipinski definition) is 6. The number of rotatable bonds is 6. The van der Waals surface area contributed by atoms with Crippen LogP contribution in [0.3, 0.4) is 0 Å². The number of carbonyl (C=O) groups is 2. The third kappa shape index (κ3) is 5.63. The second-order valence-corrected chi connectivity index (χ2v) is 8.20. The van der Waals surface area contributed by atoms with Gasteiger partial charge in [0.15, 0.2) is 5.82 Å². The molecule has 0 bridgehead atoms. The van der Waals surface area contributed by atoms with Gasteiger partial charge in [-0.1, -0.05) is 25.0 Å². The maximum atomic E-state index is 13.1. The lowest BCUT2D eigenvalue weighted by Crippen LogP contribution is -2.52. The molecular formula is C21H28FN7O2. The highest BCUT2D eigenvalue weighted by Gasteiger charge is 2.28. The first-order chi connectivity index (χ1) is 15.1. The first-order valence-electron chi connectivity index (χ1n) is 10.9. The van der Waals surface area contributed by atoms with Crippen LogP contribution >= 0.6 is 0 Å². The molecule has 4 rings (SSSR count). The van der Waals surface area contributed by atoms with Crippen LogP contribution in [0.25, 0.3) is 0 Å². The smallest absolute Gasteiger partial charge is 0.244 e. The Morgan fingerprint density at radius 1 is 0.968 bits per heavy atom. The quantitative estimate of drug-likeness (QED) is 0.683. The Balaban J connectivity index is 1.30. The van der Waals surface area contributed by atoms with Gasteiger partial charge in [0, 0.05) is 19.6 Å². The highest BCUT2D eigenvalue weighted by molar-refractivity contribution is 5.85. The standard InChI is InChI=1S/C21H28FN7O2/c22-18-7-5-17(6-8-18)13-27-11-12-28(15-20(27)30)21(31)16-29-19(23-24-25-29)14-26-9-3-1-2-4-10-26/h5-8H,1-4,9-16H2. The average molecular weight is 430 g/mol. The number of hydrogen-bond donors (Lipinski definition) is 0. The van der Waals surface area contributed by atoms with Crippen molar-refractivity contribution in [3.05, 3.63) is 41.5 Å². The summed E-state index contributed by atoms with van der Waals surface area (Å²) in [5.74, 6) is 0.0875. The van der Waals surface area contributed by atoms with Crippen LogP contribution in [0.15, 0.2) is 24.3 Å². The number of carbonyl (C=O) groups excluding carboxylic acids is 2. The minimum absolute atomic E-state index is 0.0292. The first kappa shape index (κ1) is 21.4. The molecule has 0 aliphatic carbocycles. The number of benzene rings is 1. The molecule has 2 amide bonds. The molecule has 0 unspecified atom stereocenters. The molecule has 2 aliphatic heterocycles. The fraction of sp³-hybridized carbons (Fsp3) is 0.571. The summed E-state index contributed by atoms with van der Waals surface area (Å²) in [7, 11) is 0. The van der Waals surface area contributed by atoms with E-state index >= 15 is 0 Å². The van der Waals surface area contributed by atoms with Crippen LogP contribution in [0.5, 0.6) is 0 Å². The van der Waals surface area contributed by atoms with Crippen molar-refractivity contribution < 1.29 is 14.0 Å². The van der Waals surface area contributed by atoms with Crippen LogP contribution in [0.4, 0.5) is 4.39 Å². The molecule has 0 saturated carbocycles. The molecule has 1 aromatic carbocycles. The Labute approximate surface area is 180 Å². The zero-order valence-electron chi connectivity index (χ0n) is 17.6. The van der Waals surface area contributed by atoms with E-state index in [0.29, 0.717) is 32.0 Å². The van der Waals surface area contributed by atoms with Gasteiger partial charge < -0.3 is 9.80 Å². The van der Waals surface area contributed by atoms with Gasteiger partial charge in [0.25, 0.3) is 0 Å². The fourth-order valence-electron chi connectivity index (χ4n) is 4.08. The number of nitrogens with zero attached hydrogens (tertiary/aromatic N) is 7. The van der Waals surface area contributed by atoms with Gasteiger partial charge in [-0.05, 0) is 54.1 Å². The molecule has 2 aliphatic rings. The van der Waals surface area contributed by atoms with Crippen molar-refractivity contribution in [2.75, 3.05) is 32.7 Å². The highest BCUT2D eigenvalue weighted by Crippen LogP contribution is 2.13. The van der Waals surface area contributed by atoms with Gasteiger partial charge in [0.05, 0.1) is 13.1 Å². The Morgan fingerprint density at radius 3 is 2.42 bits per heavy atom.